The minimum absolute atomic E-state index is 0.188. The zero-order valence-corrected chi connectivity index (χ0v) is 20.8. The van der Waals surface area contributed by atoms with Crippen molar-refractivity contribution in [2.24, 2.45) is 0 Å². The first kappa shape index (κ1) is 25.5. The molecule has 0 amide bonds. The van der Waals surface area contributed by atoms with E-state index in [0.717, 1.165) is 27.9 Å². The molecule has 3 aromatic heterocycles. The van der Waals surface area contributed by atoms with Crippen molar-refractivity contribution in [2.75, 3.05) is 18.8 Å². The second-order valence-electron chi connectivity index (χ2n) is 9.68. The first-order chi connectivity index (χ1) is 18.6. The van der Waals surface area contributed by atoms with Crippen molar-refractivity contribution in [1.29, 1.82) is 0 Å². The monoisotopic (exact) mass is 541 g/mol. The Bertz CT molecular complexity index is 1680. The highest BCUT2D eigenvalue weighted by molar-refractivity contribution is 6.09. The van der Waals surface area contributed by atoms with Gasteiger partial charge in [0.25, 0.3) is 0 Å². The van der Waals surface area contributed by atoms with Gasteiger partial charge in [-0.2, -0.15) is 13.2 Å². The Morgan fingerprint density at radius 2 is 1.90 bits per heavy atom. The third kappa shape index (κ3) is 4.27. The quantitative estimate of drug-likeness (QED) is 0.241. The van der Waals surface area contributed by atoms with Gasteiger partial charge in [0.15, 0.2) is 17.7 Å². The predicted molar refractivity (Wildman–Crippen MR) is 138 cm³/mol. The van der Waals surface area contributed by atoms with Crippen LogP contribution in [0.25, 0.3) is 33.0 Å². The molecule has 0 spiro atoms. The number of hydrogen-bond donors (Lipinski definition) is 4. The maximum absolute atomic E-state index is 13.5. The van der Waals surface area contributed by atoms with E-state index in [4.69, 9.17) is 10.5 Å². The van der Waals surface area contributed by atoms with Crippen LogP contribution in [0.5, 0.6) is 0 Å². The van der Waals surface area contributed by atoms with Crippen LogP contribution in [0.15, 0.2) is 49.1 Å². The molecular weight excluding hydrogens is 515 g/mol. The molecule has 39 heavy (non-hydrogen) atoms. The standard InChI is InChI=1S/C26H26F3N7O3/c1-13-3-2-4-16-19(13)15-6-5-14(26(27,28)29)9-17(15)35(16)8-7-31-10-18-21(37)22(38)25(39-18)36-12-34-20-23(30)32-11-33-24(20)36/h2-6,9,11-12,18,21-22,25,31,37-38H,7-8,10H2,1H3,(H2,30,32,33). The number of ether oxygens (including phenoxy) is 1. The van der Waals surface area contributed by atoms with E-state index in [0.29, 0.717) is 29.8 Å². The summed E-state index contributed by atoms with van der Waals surface area (Å²) < 4.78 is 49.7. The number of nitrogens with zero attached hydrogens (tertiary/aromatic N) is 5. The number of benzene rings is 2. The van der Waals surface area contributed by atoms with Crippen LogP contribution in [0.2, 0.25) is 0 Å². The molecule has 1 saturated heterocycles. The van der Waals surface area contributed by atoms with E-state index in [1.807, 2.05) is 29.7 Å². The lowest BCUT2D eigenvalue weighted by molar-refractivity contribution is -0.137. The number of hydrogen-bond acceptors (Lipinski definition) is 8. The van der Waals surface area contributed by atoms with Gasteiger partial charge in [0.1, 0.15) is 30.2 Å². The van der Waals surface area contributed by atoms with Crippen LogP contribution >= 0.6 is 0 Å². The second-order valence-corrected chi connectivity index (χ2v) is 9.68. The molecule has 0 saturated carbocycles. The van der Waals surface area contributed by atoms with Gasteiger partial charge < -0.3 is 30.6 Å². The Labute approximate surface area is 219 Å². The maximum Gasteiger partial charge on any atom is 0.416 e. The van der Waals surface area contributed by atoms with Crippen LogP contribution in [0.4, 0.5) is 19.0 Å². The zero-order chi connectivity index (χ0) is 27.5. The van der Waals surface area contributed by atoms with Crippen molar-refractivity contribution in [3.05, 3.63) is 60.2 Å². The average Bonchev–Trinajstić information content (AvgIpc) is 3.55. The number of anilines is 1. The summed E-state index contributed by atoms with van der Waals surface area (Å²) in [6, 6.07) is 9.54. The Morgan fingerprint density at radius 3 is 2.69 bits per heavy atom. The molecule has 1 aliphatic rings. The van der Waals surface area contributed by atoms with Crippen LogP contribution in [-0.4, -0.2) is 65.7 Å². The average molecular weight is 542 g/mol. The Kier molecular flexibility index (Phi) is 6.18. The van der Waals surface area contributed by atoms with Gasteiger partial charge in [-0.1, -0.05) is 18.2 Å². The van der Waals surface area contributed by atoms with E-state index in [2.05, 4.69) is 20.3 Å². The van der Waals surface area contributed by atoms with E-state index < -0.39 is 36.3 Å². The van der Waals surface area contributed by atoms with Gasteiger partial charge in [-0.05, 0) is 30.7 Å². The molecule has 5 aromatic rings. The fourth-order valence-electron chi connectivity index (χ4n) is 5.36. The fraction of sp³-hybridized carbons (Fsp3) is 0.346. The molecule has 4 unspecified atom stereocenters. The lowest BCUT2D eigenvalue weighted by Crippen LogP contribution is -2.38. The number of aliphatic hydroxyl groups excluding tert-OH is 2. The van der Waals surface area contributed by atoms with Gasteiger partial charge >= 0.3 is 6.18 Å². The number of nitrogens with two attached hydrogens (primary N) is 1. The van der Waals surface area contributed by atoms with E-state index in [-0.39, 0.29) is 12.4 Å². The normalized spacial score (nSPS) is 22.0. The Morgan fingerprint density at radius 1 is 1.08 bits per heavy atom. The molecule has 204 valence electrons. The summed E-state index contributed by atoms with van der Waals surface area (Å²) in [6.45, 7) is 2.89. The molecule has 1 aliphatic heterocycles. The number of rotatable bonds is 6. The van der Waals surface area contributed by atoms with E-state index in [9.17, 15) is 23.4 Å². The summed E-state index contributed by atoms with van der Waals surface area (Å²) in [5, 5.41) is 26.2. The van der Waals surface area contributed by atoms with Gasteiger partial charge in [-0.3, -0.25) is 4.57 Å². The van der Waals surface area contributed by atoms with Crippen LogP contribution in [0.3, 0.4) is 0 Å². The van der Waals surface area contributed by atoms with Crippen molar-refractivity contribution in [1.82, 2.24) is 29.4 Å². The number of aromatic nitrogens is 5. The molecule has 5 N–H and O–H groups in total. The number of halogens is 3. The number of imidazole rings is 1. The predicted octanol–water partition coefficient (Wildman–Crippen LogP) is 2.75. The second kappa shape index (κ2) is 9.45. The van der Waals surface area contributed by atoms with Crippen molar-refractivity contribution in [2.45, 2.75) is 44.2 Å². The van der Waals surface area contributed by atoms with E-state index >= 15 is 0 Å². The largest absolute Gasteiger partial charge is 0.416 e. The van der Waals surface area contributed by atoms with Crippen molar-refractivity contribution in [3.8, 4) is 0 Å². The number of nitrogens with one attached hydrogen (secondary N) is 1. The van der Waals surface area contributed by atoms with Gasteiger partial charge in [0, 0.05) is 41.4 Å². The van der Waals surface area contributed by atoms with Crippen LogP contribution in [0.1, 0.15) is 17.4 Å². The van der Waals surface area contributed by atoms with Gasteiger partial charge in [0.2, 0.25) is 0 Å². The van der Waals surface area contributed by atoms with Crippen LogP contribution in [-0.2, 0) is 17.5 Å². The minimum Gasteiger partial charge on any atom is -0.387 e. The van der Waals surface area contributed by atoms with Crippen LogP contribution in [0, 0.1) is 6.92 Å². The third-order valence-corrected chi connectivity index (χ3v) is 7.28. The lowest BCUT2D eigenvalue weighted by atomic mass is 10.1. The molecule has 10 nitrogen and oxygen atoms in total. The summed E-state index contributed by atoms with van der Waals surface area (Å²) in [7, 11) is 0. The number of alkyl halides is 3. The SMILES string of the molecule is Cc1cccc2c1c1ccc(C(F)(F)F)cc1n2CCNCC1OC(n2cnc3c(N)ncnc32)C(O)C1O. The van der Waals surface area contributed by atoms with Gasteiger partial charge in [-0.25, -0.2) is 15.0 Å². The minimum atomic E-state index is -4.45. The molecule has 0 radical (unpaired) electrons. The molecule has 4 atom stereocenters. The number of fused-ring (bicyclic) bond motifs is 4. The summed E-state index contributed by atoms with van der Waals surface area (Å²) in [4.78, 5) is 12.2. The number of aryl methyl sites for hydroxylation is 1. The molecule has 4 heterocycles. The smallest absolute Gasteiger partial charge is 0.387 e. The fourth-order valence-corrected chi connectivity index (χ4v) is 5.36. The third-order valence-electron chi connectivity index (χ3n) is 7.28. The molecule has 13 heteroatoms. The van der Waals surface area contributed by atoms with Crippen LogP contribution < -0.4 is 11.1 Å². The summed E-state index contributed by atoms with van der Waals surface area (Å²) in [5.74, 6) is 0.188. The molecule has 6 rings (SSSR count). The topological polar surface area (TPSA) is 136 Å². The van der Waals surface area contributed by atoms with Gasteiger partial charge in [-0.15, -0.1) is 0 Å². The zero-order valence-electron chi connectivity index (χ0n) is 20.8. The lowest BCUT2D eigenvalue weighted by Gasteiger charge is -2.17. The summed E-state index contributed by atoms with van der Waals surface area (Å²) >= 11 is 0. The summed E-state index contributed by atoms with van der Waals surface area (Å²) in [5.41, 5.74) is 8.18. The highest BCUT2D eigenvalue weighted by atomic mass is 19.4. The highest BCUT2D eigenvalue weighted by Gasteiger charge is 2.44. The van der Waals surface area contributed by atoms with Gasteiger partial charge in [0.05, 0.1) is 11.9 Å². The molecule has 1 fully saturated rings. The Balaban J connectivity index is 1.19. The van der Waals surface area contributed by atoms with E-state index in [1.54, 1.807) is 0 Å². The van der Waals surface area contributed by atoms with E-state index in [1.165, 1.54) is 29.4 Å². The Hall–Kier alpha value is -3.78. The maximum atomic E-state index is 13.5. The number of nitrogen functional groups attached to an aromatic ring is 1. The van der Waals surface area contributed by atoms with Crippen molar-refractivity contribution < 1.29 is 28.1 Å². The molecule has 2 aromatic carbocycles. The highest BCUT2D eigenvalue weighted by Crippen LogP contribution is 2.36. The van der Waals surface area contributed by atoms with Crippen molar-refractivity contribution in [3.63, 3.8) is 0 Å². The first-order valence-corrected chi connectivity index (χ1v) is 12.4. The molecule has 0 bridgehead atoms. The molecule has 0 aliphatic carbocycles. The molecular formula is C26H26F3N7O3. The number of aliphatic hydroxyl groups is 2. The van der Waals surface area contributed by atoms with Crippen molar-refractivity contribution >= 4 is 38.8 Å². The summed E-state index contributed by atoms with van der Waals surface area (Å²) in [6.07, 6.45) is -5.87. The first-order valence-electron chi connectivity index (χ1n) is 12.4.